The van der Waals surface area contributed by atoms with Crippen LogP contribution in [-0.2, 0) is 0 Å². The maximum atomic E-state index is 6.02. The van der Waals surface area contributed by atoms with Gasteiger partial charge in [-0.15, -0.1) is 0 Å². The summed E-state index contributed by atoms with van der Waals surface area (Å²) in [5, 5.41) is 9.73. The van der Waals surface area contributed by atoms with E-state index in [0.29, 0.717) is 0 Å². The van der Waals surface area contributed by atoms with E-state index in [-0.39, 0.29) is 0 Å². The Hall–Kier alpha value is -2.36. The van der Waals surface area contributed by atoms with Gasteiger partial charge in [0.05, 0.1) is 17.1 Å². The fraction of sp³-hybridized carbons (Fsp3) is 0. The molecule has 0 aliphatic heterocycles. The standard InChI is InChI=1S/C19H13ClN2S/c20-16-8-6-14(7-9-16)19-12-18(15-10-11-23-13-15)21-22(19)17-4-2-1-3-5-17/h1-13H. The third-order valence-corrected chi connectivity index (χ3v) is 4.60. The molecule has 0 radical (unpaired) electrons. The molecule has 2 aromatic carbocycles. The average molecular weight is 337 g/mol. The smallest absolute Gasteiger partial charge is 0.0942 e. The Balaban J connectivity index is 1.90. The van der Waals surface area contributed by atoms with E-state index in [1.165, 1.54) is 0 Å². The van der Waals surface area contributed by atoms with Crippen LogP contribution in [0.1, 0.15) is 0 Å². The summed E-state index contributed by atoms with van der Waals surface area (Å²) >= 11 is 7.70. The maximum Gasteiger partial charge on any atom is 0.0942 e. The minimum absolute atomic E-state index is 0.734. The lowest BCUT2D eigenvalue weighted by Gasteiger charge is -2.07. The van der Waals surface area contributed by atoms with Gasteiger partial charge in [0.1, 0.15) is 0 Å². The molecule has 0 N–H and O–H groups in total. The van der Waals surface area contributed by atoms with E-state index in [9.17, 15) is 0 Å². The van der Waals surface area contributed by atoms with Crippen molar-refractivity contribution < 1.29 is 0 Å². The van der Waals surface area contributed by atoms with Crippen molar-refractivity contribution in [1.82, 2.24) is 9.78 Å². The first-order valence-electron chi connectivity index (χ1n) is 7.25. The van der Waals surface area contributed by atoms with Crippen LogP contribution >= 0.6 is 22.9 Å². The van der Waals surface area contributed by atoms with E-state index in [0.717, 1.165) is 33.2 Å². The lowest BCUT2D eigenvalue weighted by Crippen LogP contribution is -1.98. The molecule has 0 unspecified atom stereocenters. The monoisotopic (exact) mass is 336 g/mol. The summed E-state index contributed by atoms with van der Waals surface area (Å²) in [6.45, 7) is 0. The number of halogens is 1. The fourth-order valence-corrected chi connectivity index (χ4v) is 3.30. The molecule has 0 aliphatic carbocycles. The molecule has 2 nitrogen and oxygen atoms in total. The van der Waals surface area contributed by atoms with E-state index in [1.807, 2.05) is 47.1 Å². The number of hydrogen-bond donors (Lipinski definition) is 0. The summed E-state index contributed by atoms with van der Waals surface area (Å²) in [5.41, 5.74) is 5.29. The molecule has 23 heavy (non-hydrogen) atoms. The Morgan fingerprint density at radius 1 is 0.870 bits per heavy atom. The molecule has 0 aliphatic rings. The van der Waals surface area contributed by atoms with Gasteiger partial charge in [-0.05, 0) is 41.8 Å². The van der Waals surface area contributed by atoms with Gasteiger partial charge in [0.2, 0.25) is 0 Å². The van der Waals surface area contributed by atoms with Crippen molar-refractivity contribution in [3.8, 4) is 28.2 Å². The van der Waals surface area contributed by atoms with E-state index in [1.54, 1.807) is 11.3 Å². The number of benzene rings is 2. The summed E-state index contributed by atoms with van der Waals surface area (Å²) in [6, 6.07) is 22.2. The van der Waals surface area contributed by atoms with Crippen LogP contribution in [0.5, 0.6) is 0 Å². The van der Waals surface area contributed by atoms with Crippen LogP contribution in [0.25, 0.3) is 28.2 Å². The van der Waals surface area contributed by atoms with Crippen molar-refractivity contribution in [3.05, 3.63) is 82.5 Å². The third kappa shape index (κ3) is 2.81. The van der Waals surface area contributed by atoms with Crippen LogP contribution in [0, 0.1) is 0 Å². The van der Waals surface area contributed by atoms with Crippen LogP contribution in [0.3, 0.4) is 0 Å². The van der Waals surface area contributed by atoms with E-state index in [4.69, 9.17) is 16.7 Å². The van der Waals surface area contributed by atoms with E-state index in [2.05, 4.69) is 35.0 Å². The quantitative estimate of drug-likeness (QED) is 0.454. The van der Waals surface area contributed by atoms with Crippen molar-refractivity contribution in [2.45, 2.75) is 0 Å². The predicted molar refractivity (Wildman–Crippen MR) is 97.3 cm³/mol. The maximum absolute atomic E-state index is 6.02. The Bertz CT molecular complexity index is 910. The summed E-state index contributed by atoms with van der Waals surface area (Å²) in [7, 11) is 0. The second-order valence-electron chi connectivity index (χ2n) is 5.18. The van der Waals surface area contributed by atoms with Crippen molar-refractivity contribution in [1.29, 1.82) is 0 Å². The first-order chi connectivity index (χ1) is 11.3. The van der Waals surface area contributed by atoms with Gasteiger partial charge in [-0.3, -0.25) is 0 Å². The van der Waals surface area contributed by atoms with Gasteiger partial charge in [-0.25, -0.2) is 4.68 Å². The number of para-hydroxylation sites is 1. The van der Waals surface area contributed by atoms with Gasteiger partial charge in [0.25, 0.3) is 0 Å². The zero-order valence-electron chi connectivity index (χ0n) is 12.2. The molecule has 2 aromatic heterocycles. The molecule has 4 aromatic rings. The van der Waals surface area contributed by atoms with Crippen molar-refractivity contribution in [3.63, 3.8) is 0 Å². The molecule has 112 valence electrons. The lowest BCUT2D eigenvalue weighted by molar-refractivity contribution is 0.892. The normalized spacial score (nSPS) is 10.8. The van der Waals surface area contributed by atoms with Crippen LogP contribution in [0.15, 0.2) is 77.5 Å². The predicted octanol–water partition coefficient (Wildman–Crippen LogP) is 5.92. The van der Waals surface area contributed by atoms with Gasteiger partial charge >= 0.3 is 0 Å². The van der Waals surface area contributed by atoms with Gasteiger partial charge in [-0.2, -0.15) is 16.4 Å². The zero-order valence-corrected chi connectivity index (χ0v) is 13.8. The number of nitrogens with zero attached hydrogens (tertiary/aromatic N) is 2. The Labute approximate surface area is 143 Å². The molecule has 0 bridgehead atoms. The summed E-state index contributed by atoms with van der Waals surface area (Å²) < 4.78 is 1.98. The summed E-state index contributed by atoms with van der Waals surface area (Å²) in [5.74, 6) is 0. The molecule has 0 amide bonds. The van der Waals surface area contributed by atoms with Gasteiger partial charge in [0, 0.05) is 21.5 Å². The Morgan fingerprint density at radius 2 is 1.65 bits per heavy atom. The number of rotatable bonds is 3. The molecule has 0 fully saturated rings. The van der Waals surface area contributed by atoms with E-state index < -0.39 is 0 Å². The molecule has 4 heteroatoms. The van der Waals surface area contributed by atoms with Crippen molar-refractivity contribution in [2.75, 3.05) is 0 Å². The number of hydrogen-bond acceptors (Lipinski definition) is 2. The highest BCUT2D eigenvalue weighted by Gasteiger charge is 2.13. The van der Waals surface area contributed by atoms with Crippen LogP contribution in [-0.4, -0.2) is 9.78 Å². The fourth-order valence-electron chi connectivity index (χ4n) is 2.52. The lowest BCUT2D eigenvalue weighted by atomic mass is 10.1. The Morgan fingerprint density at radius 3 is 2.35 bits per heavy atom. The second-order valence-corrected chi connectivity index (χ2v) is 6.40. The Kier molecular flexibility index (Phi) is 3.74. The van der Waals surface area contributed by atoms with Crippen LogP contribution < -0.4 is 0 Å². The molecule has 0 saturated heterocycles. The van der Waals surface area contributed by atoms with Gasteiger partial charge < -0.3 is 0 Å². The largest absolute Gasteiger partial charge is 0.232 e. The molecule has 0 atom stereocenters. The third-order valence-electron chi connectivity index (χ3n) is 3.67. The highest BCUT2D eigenvalue weighted by molar-refractivity contribution is 7.08. The average Bonchev–Trinajstić information content (AvgIpc) is 3.26. The summed E-state index contributed by atoms with van der Waals surface area (Å²) in [6.07, 6.45) is 0. The van der Waals surface area contributed by atoms with Crippen LogP contribution in [0.2, 0.25) is 5.02 Å². The molecule has 4 rings (SSSR count). The topological polar surface area (TPSA) is 17.8 Å². The molecule has 0 spiro atoms. The highest BCUT2D eigenvalue weighted by Crippen LogP contribution is 2.30. The van der Waals surface area contributed by atoms with Crippen molar-refractivity contribution >= 4 is 22.9 Å². The molecular weight excluding hydrogens is 324 g/mol. The minimum atomic E-state index is 0.734. The molecular formula is C19H13ClN2S. The van der Waals surface area contributed by atoms with Crippen molar-refractivity contribution in [2.24, 2.45) is 0 Å². The number of aromatic nitrogens is 2. The zero-order chi connectivity index (χ0) is 15.6. The minimum Gasteiger partial charge on any atom is -0.232 e. The highest BCUT2D eigenvalue weighted by atomic mass is 35.5. The molecule has 2 heterocycles. The summed E-state index contributed by atoms with van der Waals surface area (Å²) in [4.78, 5) is 0. The first kappa shape index (κ1) is 14.2. The molecule has 0 saturated carbocycles. The van der Waals surface area contributed by atoms with Gasteiger partial charge in [-0.1, -0.05) is 41.9 Å². The van der Waals surface area contributed by atoms with E-state index >= 15 is 0 Å². The first-order valence-corrected chi connectivity index (χ1v) is 8.57. The van der Waals surface area contributed by atoms with Crippen LogP contribution in [0.4, 0.5) is 0 Å². The number of thiophene rings is 1. The van der Waals surface area contributed by atoms with Gasteiger partial charge in [0.15, 0.2) is 0 Å². The second kappa shape index (κ2) is 6.03. The SMILES string of the molecule is Clc1ccc(-c2cc(-c3ccsc3)nn2-c2ccccc2)cc1.